The van der Waals surface area contributed by atoms with Crippen LogP contribution < -0.4 is 27.5 Å². The Labute approximate surface area is 156 Å². The quantitative estimate of drug-likeness (QED) is 0.312. The summed E-state index contributed by atoms with van der Waals surface area (Å²) in [6.45, 7) is 1.13. The number of hydrogen-bond acceptors (Lipinski definition) is 4. The summed E-state index contributed by atoms with van der Waals surface area (Å²) in [6, 6.07) is 6.70. The third-order valence-corrected chi connectivity index (χ3v) is 4.09. The number of amides is 1. The van der Waals surface area contributed by atoms with Crippen molar-refractivity contribution in [3.8, 4) is 0 Å². The Morgan fingerprint density at radius 2 is 2.04 bits per heavy atom. The van der Waals surface area contributed by atoms with Gasteiger partial charge in [0.25, 0.3) is 0 Å². The molecule has 1 aromatic carbocycles. The zero-order valence-corrected chi connectivity index (χ0v) is 15.2. The Bertz CT molecular complexity index is 718. The highest BCUT2D eigenvalue weighted by atomic mass is 35.5. The molecule has 0 saturated carbocycles. The number of nitrogens with zero attached hydrogens (tertiary/aromatic N) is 2. The molecule has 1 aromatic rings. The summed E-state index contributed by atoms with van der Waals surface area (Å²) < 4.78 is 5.41. The molecule has 26 heavy (non-hydrogen) atoms. The van der Waals surface area contributed by atoms with Crippen LogP contribution in [0.5, 0.6) is 0 Å². The summed E-state index contributed by atoms with van der Waals surface area (Å²) in [5.41, 5.74) is 11.6. The number of rotatable bonds is 5. The Kier molecular flexibility index (Phi) is 7.07. The van der Waals surface area contributed by atoms with Crippen LogP contribution in [0.15, 0.2) is 34.3 Å². The number of primary amides is 1. The number of benzene rings is 1. The molecule has 1 heterocycles. The molecule has 0 spiro atoms. The lowest BCUT2D eigenvalue weighted by Gasteiger charge is -2.28. The van der Waals surface area contributed by atoms with Crippen molar-refractivity contribution in [3.05, 3.63) is 29.3 Å². The average molecular weight is 381 g/mol. The van der Waals surface area contributed by atoms with Crippen molar-refractivity contribution in [3.63, 3.8) is 0 Å². The Morgan fingerprint density at radius 1 is 1.35 bits per heavy atom. The van der Waals surface area contributed by atoms with Gasteiger partial charge in [-0.05, 0) is 37.7 Å². The van der Waals surface area contributed by atoms with Gasteiger partial charge in [0.15, 0.2) is 0 Å². The molecule has 2 atom stereocenters. The lowest BCUT2D eigenvalue weighted by atomic mass is 10.0. The van der Waals surface area contributed by atoms with E-state index in [-0.39, 0.29) is 29.6 Å². The van der Waals surface area contributed by atoms with Crippen LogP contribution in [0.1, 0.15) is 6.42 Å². The molecule has 0 aromatic heterocycles. The predicted octanol–water partition coefficient (Wildman–Crippen LogP) is -1.47. The molecular formula is C16H23ClN7O2+. The smallest absolute Gasteiger partial charge is 0.316 e. The molecule has 9 nitrogen and oxygen atoms in total. The fourth-order valence-corrected chi connectivity index (χ4v) is 2.54. The largest absolute Gasteiger partial charge is 0.380 e. The summed E-state index contributed by atoms with van der Waals surface area (Å²) in [5.74, 6) is -0.816. The second kappa shape index (κ2) is 9.27. The van der Waals surface area contributed by atoms with E-state index in [1.165, 1.54) is 0 Å². The van der Waals surface area contributed by atoms with Crippen molar-refractivity contribution >= 4 is 40.7 Å². The Balaban J connectivity index is 2.24. The van der Waals surface area contributed by atoms with Gasteiger partial charge in [-0.1, -0.05) is 11.6 Å². The first-order chi connectivity index (χ1) is 12.4. The van der Waals surface area contributed by atoms with E-state index < -0.39 is 5.91 Å². The van der Waals surface area contributed by atoms with Gasteiger partial charge in [0.2, 0.25) is 11.8 Å². The molecule has 0 bridgehead atoms. The van der Waals surface area contributed by atoms with E-state index in [2.05, 4.69) is 20.6 Å². The van der Waals surface area contributed by atoms with Gasteiger partial charge in [0.1, 0.15) is 0 Å². The number of aliphatic imine (C=N–C) groups is 2. The number of guanidine groups is 1. The van der Waals surface area contributed by atoms with Gasteiger partial charge in [-0.2, -0.15) is 4.99 Å². The van der Waals surface area contributed by atoms with Crippen LogP contribution in [-0.4, -0.2) is 55.8 Å². The van der Waals surface area contributed by atoms with Crippen molar-refractivity contribution in [1.82, 2.24) is 5.32 Å². The summed E-state index contributed by atoms with van der Waals surface area (Å²) in [4.78, 5) is 20.0. The molecule has 2 rings (SSSR count). The molecule has 1 amide bonds. The van der Waals surface area contributed by atoms with Crippen molar-refractivity contribution in [2.45, 2.75) is 18.5 Å². The van der Waals surface area contributed by atoms with Gasteiger partial charge in [-0.3, -0.25) is 4.79 Å². The van der Waals surface area contributed by atoms with Crippen LogP contribution >= 0.6 is 11.6 Å². The van der Waals surface area contributed by atoms with Crippen molar-refractivity contribution in [1.29, 1.82) is 0 Å². The number of nitrogens with two attached hydrogens (primary N) is 3. The summed E-state index contributed by atoms with van der Waals surface area (Å²) in [6.07, 6.45) is 0.705. The van der Waals surface area contributed by atoms with Crippen molar-refractivity contribution in [2.24, 2.45) is 21.5 Å². The third-order valence-electron chi connectivity index (χ3n) is 3.84. The molecule has 1 saturated heterocycles. The van der Waals surface area contributed by atoms with E-state index in [0.29, 0.717) is 30.3 Å². The number of halogens is 1. The van der Waals surface area contributed by atoms with Crippen LogP contribution in [0.25, 0.3) is 0 Å². The molecule has 0 radical (unpaired) electrons. The van der Waals surface area contributed by atoms with Gasteiger partial charge in [-0.15, -0.1) is 0 Å². The fourth-order valence-electron chi connectivity index (χ4n) is 2.41. The topological polar surface area (TPSA) is 153 Å². The zero-order valence-electron chi connectivity index (χ0n) is 14.4. The van der Waals surface area contributed by atoms with Gasteiger partial charge in [-0.25, -0.2) is 10.4 Å². The number of hydrogen-bond donors (Lipinski definition) is 5. The second-order valence-electron chi connectivity index (χ2n) is 5.68. The average Bonchev–Trinajstić information content (AvgIpc) is 2.62. The number of anilines is 1. The zero-order chi connectivity index (χ0) is 19.1. The molecule has 8 N–H and O–H groups in total. The molecule has 0 aliphatic carbocycles. The van der Waals surface area contributed by atoms with Crippen molar-refractivity contribution in [2.75, 3.05) is 25.6 Å². The first kappa shape index (κ1) is 19.8. The maximum atomic E-state index is 11.5. The minimum Gasteiger partial charge on any atom is -0.380 e. The lowest BCUT2D eigenvalue weighted by molar-refractivity contribution is -0.132. The number of ether oxygens (including phenoxy) is 1. The standard InChI is InChI=1S/C16H22ClN7O2/c1-21-12-8-26-7-6-11(12)23-16(20)24-15(13(18)14(19)25)22-10-4-2-9(17)3-5-10/h2-5,11-12,18,21H,6-8H2,1H3,(H2,19,25)(H3,20,22,23,24)/p+1/t11-,12+/m1/s1. The molecule has 10 heteroatoms. The minimum atomic E-state index is -0.822. The van der Waals surface area contributed by atoms with Crippen LogP contribution in [0.2, 0.25) is 5.02 Å². The fraction of sp³-hybridized carbons (Fsp3) is 0.375. The van der Waals surface area contributed by atoms with E-state index in [1.807, 2.05) is 7.05 Å². The number of nitrogens with one attached hydrogen (secondary N) is 2. The number of carbonyl (C=O) groups is 1. The molecule has 0 unspecified atom stereocenters. The molecule has 1 fully saturated rings. The molecule has 140 valence electrons. The SMILES string of the molecule is CN[C@H]1COCC[C@H]1N=C(N)N=C(Nc1ccc(Cl)cc1)C(=[NH2+])C(N)=O. The van der Waals surface area contributed by atoms with Crippen LogP contribution in [-0.2, 0) is 9.53 Å². The monoisotopic (exact) mass is 380 g/mol. The van der Waals surface area contributed by atoms with Crippen LogP contribution in [0, 0.1) is 0 Å². The molecule has 1 aliphatic rings. The maximum Gasteiger partial charge on any atom is 0.316 e. The van der Waals surface area contributed by atoms with Crippen LogP contribution in [0.4, 0.5) is 5.69 Å². The summed E-state index contributed by atoms with van der Waals surface area (Å²) >= 11 is 5.86. The number of carbonyl (C=O) groups excluding carboxylic acids is 1. The molecular weight excluding hydrogens is 358 g/mol. The van der Waals surface area contributed by atoms with Gasteiger partial charge in [0, 0.05) is 17.3 Å². The first-order valence-corrected chi connectivity index (χ1v) is 8.40. The van der Waals surface area contributed by atoms with Crippen LogP contribution in [0.3, 0.4) is 0 Å². The maximum absolute atomic E-state index is 11.5. The predicted molar refractivity (Wildman–Crippen MR) is 102 cm³/mol. The van der Waals surface area contributed by atoms with E-state index in [1.54, 1.807) is 24.3 Å². The number of amidine groups is 1. The number of likely N-dealkylation sites (N-methyl/N-ethyl adjacent to an activating group) is 1. The highest BCUT2D eigenvalue weighted by Gasteiger charge is 2.25. The van der Waals surface area contributed by atoms with E-state index in [4.69, 9.17) is 33.2 Å². The molecule has 1 aliphatic heterocycles. The highest BCUT2D eigenvalue weighted by molar-refractivity contribution is 6.66. The Morgan fingerprint density at radius 3 is 2.65 bits per heavy atom. The highest BCUT2D eigenvalue weighted by Crippen LogP contribution is 2.14. The van der Waals surface area contributed by atoms with E-state index in [9.17, 15) is 4.79 Å². The minimum absolute atomic E-state index is 0.0159. The van der Waals surface area contributed by atoms with Gasteiger partial charge < -0.3 is 26.8 Å². The normalized spacial score (nSPS) is 21.3. The second-order valence-corrected chi connectivity index (χ2v) is 6.12. The van der Waals surface area contributed by atoms with Crippen molar-refractivity contribution < 1.29 is 14.9 Å². The third kappa shape index (κ3) is 5.51. The van der Waals surface area contributed by atoms with E-state index in [0.717, 1.165) is 0 Å². The van der Waals surface area contributed by atoms with E-state index >= 15 is 0 Å². The summed E-state index contributed by atoms with van der Waals surface area (Å²) in [7, 11) is 1.83. The lowest BCUT2D eigenvalue weighted by Crippen LogP contribution is -2.55. The van der Waals surface area contributed by atoms with Gasteiger partial charge >= 0.3 is 11.6 Å². The summed E-state index contributed by atoms with van der Waals surface area (Å²) in [5, 5.41) is 12.4. The Hall–Kier alpha value is -2.49. The van der Waals surface area contributed by atoms with Gasteiger partial charge in [0.05, 0.1) is 18.7 Å². The first-order valence-electron chi connectivity index (χ1n) is 8.03.